The minimum atomic E-state index is -0.416. The summed E-state index contributed by atoms with van der Waals surface area (Å²) >= 11 is 0. The van der Waals surface area contributed by atoms with Crippen molar-refractivity contribution >= 4 is 17.6 Å². The van der Waals surface area contributed by atoms with Crippen LogP contribution >= 0.6 is 0 Å². The average molecular weight is 585 g/mol. The predicted molar refractivity (Wildman–Crippen MR) is 170 cm³/mol. The minimum Gasteiger partial charge on any atom is -0.446 e. The zero-order chi connectivity index (χ0) is 30.0. The molecule has 0 radical (unpaired) electrons. The third kappa shape index (κ3) is 9.21. The second kappa shape index (κ2) is 15.3. The first-order chi connectivity index (χ1) is 20.9. The lowest BCUT2D eigenvalue weighted by Gasteiger charge is -2.35. The van der Waals surface area contributed by atoms with Gasteiger partial charge in [0, 0.05) is 56.9 Å². The molecule has 3 aromatic carbocycles. The number of hydrogen-bond donors (Lipinski definition) is 2. The van der Waals surface area contributed by atoms with E-state index in [1.165, 1.54) is 5.56 Å². The second-order valence-electron chi connectivity index (χ2n) is 11.7. The normalized spacial score (nSPS) is 20.0. The van der Waals surface area contributed by atoms with Gasteiger partial charge >= 0.3 is 6.09 Å². The van der Waals surface area contributed by atoms with Crippen molar-refractivity contribution in [2.45, 2.75) is 51.5 Å². The lowest BCUT2D eigenvalue weighted by molar-refractivity contribution is -0.0704. The molecule has 5 rings (SSSR count). The third-order valence-electron chi connectivity index (χ3n) is 8.12. The molecular weight excluding hydrogens is 540 g/mol. The van der Waals surface area contributed by atoms with E-state index in [-0.39, 0.29) is 24.1 Å². The van der Waals surface area contributed by atoms with E-state index in [1.807, 2.05) is 66.7 Å². The fourth-order valence-corrected chi connectivity index (χ4v) is 6.01. The van der Waals surface area contributed by atoms with Crippen LogP contribution < -0.4 is 10.6 Å². The Morgan fingerprint density at radius 2 is 1.53 bits per heavy atom. The number of benzene rings is 3. The molecule has 2 heterocycles. The van der Waals surface area contributed by atoms with Gasteiger partial charge in [-0.3, -0.25) is 15.0 Å². The number of likely N-dealkylation sites (tertiary alicyclic amines) is 1. The molecule has 0 aliphatic carbocycles. The Bertz CT molecular complexity index is 1320. The lowest BCUT2D eigenvalue weighted by atomic mass is 10.0. The van der Waals surface area contributed by atoms with E-state index in [2.05, 4.69) is 46.4 Å². The van der Waals surface area contributed by atoms with Gasteiger partial charge in [0.15, 0.2) is 5.78 Å². The summed E-state index contributed by atoms with van der Waals surface area (Å²) < 4.78 is 11.6. The molecule has 8 heteroatoms. The van der Waals surface area contributed by atoms with Crippen LogP contribution in [-0.2, 0) is 16.0 Å². The Labute approximate surface area is 255 Å². The number of amides is 1. The van der Waals surface area contributed by atoms with Crippen LogP contribution in [0.5, 0.6) is 0 Å². The van der Waals surface area contributed by atoms with E-state index in [0.717, 1.165) is 81.0 Å². The highest BCUT2D eigenvalue weighted by Gasteiger charge is 2.23. The Morgan fingerprint density at radius 1 is 0.860 bits per heavy atom. The number of nitrogens with zero attached hydrogens (tertiary/aromatic N) is 2. The van der Waals surface area contributed by atoms with Crippen LogP contribution in [0.4, 0.5) is 10.5 Å². The van der Waals surface area contributed by atoms with Crippen molar-refractivity contribution in [1.29, 1.82) is 0 Å². The monoisotopic (exact) mass is 584 g/mol. The van der Waals surface area contributed by atoms with E-state index in [1.54, 1.807) is 0 Å². The highest BCUT2D eigenvalue weighted by Crippen LogP contribution is 2.28. The number of carbonyl (C=O) groups is 2. The molecule has 2 atom stereocenters. The highest BCUT2D eigenvalue weighted by molar-refractivity contribution is 5.97. The number of hydrogen-bond acceptors (Lipinski definition) is 7. The Kier molecular flexibility index (Phi) is 11.0. The Hall–Kier alpha value is -3.56. The van der Waals surface area contributed by atoms with Gasteiger partial charge in [-0.05, 0) is 43.9 Å². The Morgan fingerprint density at radius 3 is 2.26 bits per heavy atom. The SMILES string of the molecule is CC1CN(Cc2ccc(C(=O)CNCCN3CCC(OC(=O)Nc4ccccc4-c4ccccc4)CC3)cc2)CC(C)O1. The van der Waals surface area contributed by atoms with E-state index < -0.39 is 6.09 Å². The molecule has 0 aromatic heterocycles. The van der Waals surface area contributed by atoms with Crippen molar-refractivity contribution in [2.75, 3.05) is 51.1 Å². The molecule has 43 heavy (non-hydrogen) atoms. The fourth-order valence-electron chi connectivity index (χ4n) is 6.01. The zero-order valence-corrected chi connectivity index (χ0v) is 25.3. The summed E-state index contributed by atoms with van der Waals surface area (Å²) in [6.07, 6.45) is 1.56. The number of anilines is 1. The van der Waals surface area contributed by atoms with Crippen LogP contribution in [0.2, 0.25) is 0 Å². The average Bonchev–Trinajstić information content (AvgIpc) is 3.00. The summed E-state index contributed by atoms with van der Waals surface area (Å²) in [5.74, 6) is 0.104. The largest absolute Gasteiger partial charge is 0.446 e. The first kappa shape index (κ1) is 30.9. The number of piperidine rings is 1. The molecule has 0 bridgehead atoms. The lowest BCUT2D eigenvalue weighted by Crippen LogP contribution is -2.44. The topological polar surface area (TPSA) is 83.1 Å². The number of nitrogens with one attached hydrogen (secondary N) is 2. The molecule has 2 N–H and O–H groups in total. The van der Waals surface area contributed by atoms with Gasteiger partial charge in [0.05, 0.1) is 24.4 Å². The van der Waals surface area contributed by atoms with Crippen molar-refractivity contribution < 1.29 is 19.1 Å². The van der Waals surface area contributed by atoms with Crippen LogP contribution in [0, 0.1) is 0 Å². The summed E-state index contributed by atoms with van der Waals surface area (Å²) in [6.45, 7) is 10.6. The third-order valence-corrected chi connectivity index (χ3v) is 8.12. The molecule has 2 aliphatic heterocycles. The first-order valence-electron chi connectivity index (χ1n) is 15.5. The summed E-state index contributed by atoms with van der Waals surface area (Å²) in [5.41, 5.74) is 4.70. The van der Waals surface area contributed by atoms with Crippen LogP contribution in [-0.4, -0.2) is 85.8 Å². The van der Waals surface area contributed by atoms with E-state index in [4.69, 9.17) is 9.47 Å². The van der Waals surface area contributed by atoms with Crippen molar-refractivity contribution in [3.63, 3.8) is 0 Å². The van der Waals surface area contributed by atoms with E-state index >= 15 is 0 Å². The minimum absolute atomic E-state index is 0.104. The molecule has 2 unspecified atom stereocenters. The van der Waals surface area contributed by atoms with E-state index in [0.29, 0.717) is 6.54 Å². The maximum absolute atomic E-state index is 12.7. The zero-order valence-electron chi connectivity index (χ0n) is 25.3. The summed E-state index contributed by atoms with van der Waals surface area (Å²) in [7, 11) is 0. The molecule has 1 amide bonds. The van der Waals surface area contributed by atoms with Gasteiger partial charge < -0.3 is 19.7 Å². The molecule has 2 aliphatic rings. The maximum atomic E-state index is 12.7. The standard InChI is InChI=1S/C35H44N4O4/c1-26-23-39(24-27(2)42-26)25-28-12-14-30(15-13-28)34(40)22-36-18-21-38-19-16-31(17-20-38)43-35(41)37-33-11-7-6-10-32(33)29-8-4-3-5-9-29/h3-15,26-27,31,36H,16-25H2,1-2H3,(H,37,41). The fraction of sp³-hybridized carbons (Fsp3) is 0.429. The second-order valence-corrected chi connectivity index (χ2v) is 11.7. The van der Waals surface area contributed by atoms with Gasteiger partial charge in [-0.25, -0.2) is 4.79 Å². The molecule has 3 aromatic rings. The summed E-state index contributed by atoms with van der Waals surface area (Å²) in [6, 6.07) is 25.8. The van der Waals surface area contributed by atoms with E-state index in [9.17, 15) is 9.59 Å². The summed E-state index contributed by atoms with van der Waals surface area (Å²) in [5, 5.41) is 6.24. The Balaban J connectivity index is 0.973. The molecule has 0 spiro atoms. The van der Waals surface area contributed by atoms with Crippen molar-refractivity contribution in [2.24, 2.45) is 0 Å². The van der Waals surface area contributed by atoms with Gasteiger partial charge in [-0.15, -0.1) is 0 Å². The summed E-state index contributed by atoms with van der Waals surface area (Å²) in [4.78, 5) is 30.1. The van der Waals surface area contributed by atoms with Gasteiger partial charge in [0.2, 0.25) is 0 Å². The quantitative estimate of drug-likeness (QED) is 0.229. The van der Waals surface area contributed by atoms with Gasteiger partial charge in [0.25, 0.3) is 0 Å². The molecule has 228 valence electrons. The molecule has 2 fully saturated rings. The van der Waals surface area contributed by atoms with Crippen LogP contribution in [0.3, 0.4) is 0 Å². The van der Waals surface area contributed by atoms with Crippen molar-refractivity contribution in [3.8, 4) is 11.1 Å². The number of carbonyl (C=O) groups excluding carboxylic acids is 2. The van der Waals surface area contributed by atoms with Crippen LogP contribution in [0.1, 0.15) is 42.6 Å². The van der Waals surface area contributed by atoms with Gasteiger partial charge in [-0.1, -0.05) is 72.8 Å². The van der Waals surface area contributed by atoms with Gasteiger partial charge in [0.1, 0.15) is 6.10 Å². The molecular formula is C35H44N4O4. The van der Waals surface area contributed by atoms with Crippen molar-refractivity contribution in [1.82, 2.24) is 15.1 Å². The van der Waals surface area contributed by atoms with Crippen LogP contribution in [0.15, 0.2) is 78.9 Å². The first-order valence-corrected chi connectivity index (χ1v) is 15.5. The maximum Gasteiger partial charge on any atom is 0.411 e. The molecule has 2 saturated heterocycles. The van der Waals surface area contributed by atoms with Crippen molar-refractivity contribution in [3.05, 3.63) is 90.0 Å². The number of Topliss-reactive ketones (excluding diaryl/α,β-unsaturated/α-hetero) is 1. The number of morpholine rings is 1. The van der Waals surface area contributed by atoms with Crippen LogP contribution in [0.25, 0.3) is 11.1 Å². The number of para-hydroxylation sites is 1. The molecule has 8 nitrogen and oxygen atoms in total. The number of rotatable bonds is 11. The smallest absolute Gasteiger partial charge is 0.411 e. The number of ether oxygens (including phenoxy) is 2. The predicted octanol–water partition coefficient (Wildman–Crippen LogP) is 5.45. The highest BCUT2D eigenvalue weighted by atomic mass is 16.6. The van der Waals surface area contributed by atoms with Gasteiger partial charge in [-0.2, -0.15) is 0 Å². The number of ketones is 1. The molecule has 0 saturated carbocycles.